The van der Waals surface area contributed by atoms with Gasteiger partial charge in [-0.25, -0.2) is 0 Å². The van der Waals surface area contributed by atoms with Crippen LogP contribution in [0.3, 0.4) is 0 Å². The zero-order valence-corrected chi connectivity index (χ0v) is 11.4. The molecular weight excluding hydrogens is 254 g/mol. The predicted molar refractivity (Wildman–Crippen MR) is 66.2 cm³/mol. The lowest BCUT2D eigenvalue weighted by Gasteiger charge is -2.42. The molecule has 1 aliphatic heterocycles. The van der Waals surface area contributed by atoms with Crippen molar-refractivity contribution in [2.24, 2.45) is 0 Å². The molecule has 1 saturated heterocycles. The van der Waals surface area contributed by atoms with Gasteiger partial charge in [-0.15, -0.1) is 0 Å². The van der Waals surface area contributed by atoms with Gasteiger partial charge in [0.05, 0.1) is 12.7 Å². The molecule has 7 heteroatoms. The van der Waals surface area contributed by atoms with Gasteiger partial charge in [0.15, 0.2) is 6.29 Å². The average Bonchev–Trinajstić information content (AvgIpc) is 2.37. The lowest BCUT2D eigenvalue weighted by atomic mass is 9.97. The van der Waals surface area contributed by atoms with Crippen LogP contribution in [0.5, 0.6) is 0 Å². The Bertz CT molecular complexity index is 300. The maximum Gasteiger partial charge on any atom is 0.217 e. The number of nitrogens with one attached hydrogen (secondary N) is 1. The van der Waals surface area contributed by atoms with Gasteiger partial charge in [-0.2, -0.15) is 0 Å². The molecule has 1 fully saturated rings. The van der Waals surface area contributed by atoms with Crippen molar-refractivity contribution in [1.82, 2.24) is 5.32 Å². The predicted octanol–water partition coefficient (Wildman–Crippen LogP) is -1.25. The van der Waals surface area contributed by atoms with Gasteiger partial charge in [0.1, 0.15) is 24.4 Å². The number of carbonyl (C=O) groups is 1. The SMILES string of the molecule is CC[C@H](C)O[C@@H]1O[C@H](CO)[C@@H](O)[C@H](O)[C@H]1NC(C)=O. The molecule has 6 atom stereocenters. The van der Waals surface area contributed by atoms with Crippen molar-refractivity contribution < 1.29 is 29.6 Å². The van der Waals surface area contributed by atoms with Crippen LogP contribution in [0.1, 0.15) is 27.2 Å². The van der Waals surface area contributed by atoms with E-state index in [4.69, 9.17) is 14.6 Å². The summed E-state index contributed by atoms with van der Waals surface area (Å²) in [6.45, 7) is 4.62. The Morgan fingerprint density at radius 3 is 2.53 bits per heavy atom. The molecular formula is C12H23NO6. The van der Waals surface area contributed by atoms with E-state index < -0.39 is 37.3 Å². The summed E-state index contributed by atoms with van der Waals surface area (Å²) in [5.74, 6) is -0.361. The molecule has 1 rings (SSSR count). The number of rotatable bonds is 5. The van der Waals surface area contributed by atoms with E-state index in [2.05, 4.69) is 5.32 Å². The van der Waals surface area contributed by atoms with E-state index in [0.717, 1.165) is 6.42 Å². The largest absolute Gasteiger partial charge is 0.394 e. The summed E-state index contributed by atoms with van der Waals surface area (Å²) in [6, 6.07) is -0.871. The van der Waals surface area contributed by atoms with Crippen LogP contribution in [0.4, 0.5) is 0 Å². The van der Waals surface area contributed by atoms with Crippen LogP contribution < -0.4 is 5.32 Å². The maximum atomic E-state index is 11.2. The standard InChI is InChI=1S/C12H23NO6/c1-4-6(2)18-12-9(13-7(3)15)11(17)10(16)8(5-14)19-12/h6,8-12,14,16-17H,4-5H2,1-3H3,(H,13,15)/t6-,8+,9+,10+,11+,12+/m0/s1. The smallest absolute Gasteiger partial charge is 0.217 e. The summed E-state index contributed by atoms with van der Waals surface area (Å²) in [5.41, 5.74) is 0. The monoisotopic (exact) mass is 277 g/mol. The highest BCUT2D eigenvalue weighted by atomic mass is 16.7. The number of amides is 1. The molecule has 0 aromatic carbocycles. The van der Waals surface area contributed by atoms with E-state index in [-0.39, 0.29) is 12.0 Å². The zero-order valence-electron chi connectivity index (χ0n) is 11.4. The molecule has 19 heavy (non-hydrogen) atoms. The zero-order chi connectivity index (χ0) is 14.6. The Morgan fingerprint density at radius 2 is 2.05 bits per heavy atom. The second-order valence-electron chi connectivity index (χ2n) is 4.79. The minimum Gasteiger partial charge on any atom is -0.394 e. The fraction of sp³-hybridized carbons (Fsp3) is 0.917. The Kier molecular flexibility index (Phi) is 6.15. The first-order chi connectivity index (χ1) is 8.90. The Balaban J connectivity index is 2.83. The van der Waals surface area contributed by atoms with Crippen molar-refractivity contribution in [3.05, 3.63) is 0 Å². The summed E-state index contributed by atoms with van der Waals surface area (Å²) in [4.78, 5) is 11.2. The highest BCUT2D eigenvalue weighted by Gasteiger charge is 2.45. The van der Waals surface area contributed by atoms with Gasteiger partial charge in [0, 0.05) is 6.92 Å². The van der Waals surface area contributed by atoms with Gasteiger partial charge < -0.3 is 30.1 Å². The summed E-state index contributed by atoms with van der Waals surface area (Å²) >= 11 is 0. The first kappa shape index (κ1) is 16.3. The van der Waals surface area contributed by atoms with E-state index in [1.807, 2.05) is 13.8 Å². The van der Waals surface area contributed by atoms with Crippen molar-refractivity contribution in [2.45, 2.75) is 63.9 Å². The maximum absolute atomic E-state index is 11.2. The van der Waals surface area contributed by atoms with Gasteiger partial charge in [-0.3, -0.25) is 4.79 Å². The highest BCUT2D eigenvalue weighted by molar-refractivity contribution is 5.73. The van der Waals surface area contributed by atoms with Crippen LogP contribution in [-0.2, 0) is 14.3 Å². The first-order valence-corrected chi connectivity index (χ1v) is 6.45. The normalized spacial score (nSPS) is 36.8. The molecule has 0 unspecified atom stereocenters. The third-order valence-corrected chi connectivity index (χ3v) is 3.19. The molecule has 1 heterocycles. The van der Waals surface area contributed by atoms with Crippen molar-refractivity contribution in [1.29, 1.82) is 0 Å². The van der Waals surface area contributed by atoms with Crippen LogP contribution in [0.2, 0.25) is 0 Å². The van der Waals surface area contributed by atoms with Crippen molar-refractivity contribution in [2.75, 3.05) is 6.61 Å². The molecule has 0 saturated carbocycles. The second kappa shape index (κ2) is 7.16. The van der Waals surface area contributed by atoms with E-state index in [1.54, 1.807) is 0 Å². The number of hydrogen-bond acceptors (Lipinski definition) is 6. The fourth-order valence-corrected chi connectivity index (χ4v) is 1.91. The van der Waals surface area contributed by atoms with Gasteiger partial charge >= 0.3 is 0 Å². The fourth-order valence-electron chi connectivity index (χ4n) is 1.91. The second-order valence-corrected chi connectivity index (χ2v) is 4.79. The molecule has 0 aromatic rings. The van der Waals surface area contributed by atoms with Crippen molar-refractivity contribution in [3.63, 3.8) is 0 Å². The third kappa shape index (κ3) is 4.12. The van der Waals surface area contributed by atoms with E-state index in [0.29, 0.717) is 0 Å². The third-order valence-electron chi connectivity index (χ3n) is 3.19. The molecule has 0 radical (unpaired) electrons. The molecule has 0 spiro atoms. The van der Waals surface area contributed by atoms with Gasteiger partial charge in [-0.05, 0) is 13.3 Å². The van der Waals surface area contributed by atoms with Crippen LogP contribution in [-0.4, -0.2) is 64.6 Å². The lowest BCUT2D eigenvalue weighted by molar-refractivity contribution is -0.280. The number of ether oxygens (including phenoxy) is 2. The first-order valence-electron chi connectivity index (χ1n) is 6.45. The van der Waals surface area contributed by atoms with E-state index >= 15 is 0 Å². The molecule has 1 amide bonds. The minimum atomic E-state index is -1.28. The summed E-state index contributed by atoms with van der Waals surface area (Å²) < 4.78 is 11.0. The number of aliphatic hydroxyl groups is 3. The minimum absolute atomic E-state index is 0.136. The van der Waals surface area contributed by atoms with Crippen LogP contribution in [0.15, 0.2) is 0 Å². The summed E-state index contributed by atoms with van der Waals surface area (Å²) in [7, 11) is 0. The molecule has 0 bridgehead atoms. The van der Waals surface area contributed by atoms with E-state index in [1.165, 1.54) is 6.92 Å². The average molecular weight is 277 g/mol. The number of aliphatic hydroxyl groups excluding tert-OH is 3. The number of carbonyl (C=O) groups excluding carboxylic acids is 1. The summed E-state index contributed by atoms with van der Waals surface area (Å²) in [6.07, 6.45) is -3.79. The Labute approximate surface area is 112 Å². The Hall–Kier alpha value is -0.730. The molecule has 4 N–H and O–H groups in total. The molecule has 1 aliphatic rings. The quantitative estimate of drug-likeness (QED) is 0.500. The van der Waals surface area contributed by atoms with E-state index in [9.17, 15) is 15.0 Å². The van der Waals surface area contributed by atoms with Crippen molar-refractivity contribution >= 4 is 5.91 Å². The topological polar surface area (TPSA) is 108 Å². The number of hydrogen-bond donors (Lipinski definition) is 4. The summed E-state index contributed by atoms with van der Waals surface area (Å²) in [5, 5.41) is 31.4. The van der Waals surface area contributed by atoms with Gasteiger partial charge in [-0.1, -0.05) is 6.92 Å². The van der Waals surface area contributed by atoms with Crippen molar-refractivity contribution in [3.8, 4) is 0 Å². The Morgan fingerprint density at radius 1 is 1.42 bits per heavy atom. The van der Waals surface area contributed by atoms with Gasteiger partial charge in [0.25, 0.3) is 0 Å². The molecule has 7 nitrogen and oxygen atoms in total. The van der Waals surface area contributed by atoms with Crippen LogP contribution in [0, 0.1) is 0 Å². The molecule has 0 aromatic heterocycles. The van der Waals surface area contributed by atoms with Gasteiger partial charge in [0.2, 0.25) is 5.91 Å². The molecule has 112 valence electrons. The highest BCUT2D eigenvalue weighted by Crippen LogP contribution is 2.23. The van der Waals surface area contributed by atoms with Crippen LogP contribution in [0.25, 0.3) is 0 Å². The lowest BCUT2D eigenvalue weighted by Crippen LogP contribution is -2.64. The van der Waals surface area contributed by atoms with Crippen LogP contribution >= 0.6 is 0 Å². The molecule has 0 aliphatic carbocycles.